The molecule has 0 bridgehead atoms. The third kappa shape index (κ3) is 4.79. The molecule has 0 aliphatic carbocycles. The van der Waals surface area contributed by atoms with Gasteiger partial charge in [0.05, 0.1) is 6.10 Å². The third-order valence-corrected chi connectivity index (χ3v) is 4.55. The van der Waals surface area contributed by atoms with E-state index in [2.05, 4.69) is 21.5 Å². The van der Waals surface area contributed by atoms with E-state index < -0.39 is 10.0 Å². The minimum atomic E-state index is -3.60. The fourth-order valence-corrected chi connectivity index (χ4v) is 3.12. The molecule has 114 valence electrons. The zero-order valence-corrected chi connectivity index (χ0v) is 12.4. The Morgan fingerprint density at radius 1 is 1.48 bits per heavy atom. The lowest BCUT2D eigenvalue weighted by Gasteiger charge is -2.10. The van der Waals surface area contributed by atoms with Gasteiger partial charge in [-0.2, -0.15) is 0 Å². The monoisotopic (exact) mass is 310 g/mol. The molecular formula is C14H18N2O4S. The van der Waals surface area contributed by atoms with E-state index >= 15 is 0 Å². The number of ether oxygens (including phenoxy) is 1. The van der Waals surface area contributed by atoms with Crippen molar-refractivity contribution in [2.45, 2.75) is 30.3 Å². The number of sulfonamides is 1. The SMILES string of the molecule is O=S(=O)(NCCC1CCCO1)c1cncc(C#CCO)c1. The molecule has 2 rings (SSSR count). The van der Waals surface area contributed by atoms with E-state index in [9.17, 15) is 8.42 Å². The van der Waals surface area contributed by atoms with Gasteiger partial charge in [-0.05, 0) is 25.3 Å². The molecule has 1 aliphatic heterocycles. The second-order valence-corrected chi connectivity index (χ2v) is 6.46. The molecule has 1 unspecified atom stereocenters. The largest absolute Gasteiger partial charge is 0.384 e. The van der Waals surface area contributed by atoms with Gasteiger partial charge in [-0.1, -0.05) is 11.8 Å². The number of nitrogens with one attached hydrogen (secondary N) is 1. The number of hydrogen-bond donors (Lipinski definition) is 2. The Morgan fingerprint density at radius 2 is 2.33 bits per heavy atom. The summed E-state index contributed by atoms with van der Waals surface area (Å²) in [5.74, 6) is 5.09. The number of nitrogens with zero attached hydrogens (tertiary/aromatic N) is 1. The maximum atomic E-state index is 12.1. The molecule has 1 atom stereocenters. The van der Waals surface area contributed by atoms with Crippen molar-refractivity contribution in [2.24, 2.45) is 0 Å². The molecule has 1 fully saturated rings. The predicted molar refractivity (Wildman–Crippen MR) is 77.0 cm³/mol. The minimum Gasteiger partial charge on any atom is -0.384 e. The van der Waals surface area contributed by atoms with Crippen LogP contribution in [0.2, 0.25) is 0 Å². The normalized spacial score (nSPS) is 18.2. The maximum absolute atomic E-state index is 12.1. The van der Waals surface area contributed by atoms with E-state index in [0.29, 0.717) is 18.5 Å². The Morgan fingerprint density at radius 3 is 3.05 bits per heavy atom. The van der Waals surface area contributed by atoms with E-state index in [-0.39, 0.29) is 17.6 Å². The molecule has 0 amide bonds. The molecule has 0 aromatic carbocycles. The highest BCUT2D eigenvalue weighted by Gasteiger charge is 2.18. The van der Waals surface area contributed by atoms with Gasteiger partial charge in [-0.15, -0.1) is 0 Å². The van der Waals surface area contributed by atoms with Crippen LogP contribution in [0.1, 0.15) is 24.8 Å². The molecule has 2 N–H and O–H groups in total. The van der Waals surface area contributed by atoms with Crippen LogP contribution in [0.25, 0.3) is 0 Å². The summed E-state index contributed by atoms with van der Waals surface area (Å²) in [6.07, 6.45) is 5.55. The van der Waals surface area contributed by atoms with Crippen LogP contribution < -0.4 is 4.72 Å². The number of aliphatic hydroxyl groups is 1. The first kappa shape index (κ1) is 15.9. The van der Waals surface area contributed by atoms with Crippen LogP contribution in [0.5, 0.6) is 0 Å². The molecule has 0 saturated carbocycles. The summed E-state index contributed by atoms with van der Waals surface area (Å²) >= 11 is 0. The standard InChI is InChI=1S/C14H18N2O4S/c17-7-1-3-12-9-14(11-15-10-12)21(18,19)16-6-5-13-4-2-8-20-13/h9-11,13,16-17H,2,4-8H2. The minimum absolute atomic E-state index is 0.0691. The smallest absolute Gasteiger partial charge is 0.242 e. The molecule has 21 heavy (non-hydrogen) atoms. The molecule has 1 aromatic heterocycles. The number of aromatic nitrogens is 1. The van der Waals surface area contributed by atoms with Gasteiger partial charge < -0.3 is 9.84 Å². The molecule has 1 aliphatic rings. The Labute approximate surface area is 124 Å². The van der Waals surface area contributed by atoms with Crippen molar-refractivity contribution in [3.63, 3.8) is 0 Å². The first-order chi connectivity index (χ1) is 10.1. The summed E-state index contributed by atoms with van der Waals surface area (Å²) in [5.41, 5.74) is 0.450. The summed E-state index contributed by atoms with van der Waals surface area (Å²) in [4.78, 5) is 3.93. The van der Waals surface area contributed by atoms with Crippen molar-refractivity contribution >= 4 is 10.0 Å². The van der Waals surface area contributed by atoms with Gasteiger partial charge in [0, 0.05) is 31.1 Å². The van der Waals surface area contributed by atoms with Crippen molar-refractivity contribution in [3.8, 4) is 11.8 Å². The van der Waals surface area contributed by atoms with E-state index in [1.54, 1.807) is 0 Å². The number of hydrogen-bond acceptors (Lipinski definition) is 5. The quantitative estimate of drug-likeness (QED) is 0.762. The summed E-state index contributed by atoms with van der Waals surface area (Å²) < 4.78 is 32.3. The van der Waals surface area contributed by atoms with Gasteiger partial charge in [-0.25, -0.2) is 13.1 Å². The molecule has 7 heteroatoms. The Bertz CT molecular complexity index is 628. The Hall–Kier alpha value is -1.46. The highest BCUT2D eigenvalue weighted by Crippen LogP contribution is 2.15. The summed E-state index contributed by atoms with van der Waals surface area (Å²) in [6, 6.07) is 1.43. The highest BCUT2D eigenvalue weighted by molar-refractivity contribution is 7.89. The lowest BCUT2D eigenvalue weighted by molar-refractivity contribution is 0.105. The van der Waals surface area contributed by atoms with Crippen molar-refractivity contribution in [2.75, 3.05) is 19.8 Å². The predicted octanol–water partition coefficient (Wildman–Crippen LogP) is 0.273. The van der Waals surface area contributed by atoms with E-state index in [1.165, 1.54) is 18.5 Å². The molecule has 1 aromatic rings. The van der Waals surface area contributed by atoms with Gasteiger partial charge in [-0.3, -0.25) is 4.98 Å². The fourth-order valence-electron chi connectivity index (χ4n) is 2.09. The van der Waals surface area contributed by atoms with Crippen LogP contribution >= 0.6 is 0 Å². The van der Waals surface area contributed by atoms with Crippen molar-refractivity contribution in [1.82, 2.24) is 9.71 Å². The van der Waals surface area contributed by atoms with Crippen LogP contribution in [0.4, 0.5) is 0 Å². The molecular weight excluding hydrogens is 292 g/mol. The molecule has 2 heterocycles. The summed E-state index contributed by atoms with van der Waals surface area (Å²) in [7, 11) is -3.60. The average Bonchev–Trinajstić information content (AvgIpc) is 2.98. The van der Waals surface area contributed by atoms with E-state index in [4.69, 9.17) is 9.84 Å². The highest BCUT2D eigenvalue weighted by atomic mass is 32.2. The van der Waals surface area contributed by atoms with Crippen LogP contribution in [0.15, 0.2) is 23.4 Å². The van der Waals surface area contributed by atoms with Gasteiger partial charge in [0.2, 0.25) is 10.0 Å². The first-order valence-electron chi connectivity index (χ1n) is 6.78. The molecule has 0 radical (unpaired) electrons. The van der Waals surface area contributed by atoms with Gasteiger partial charge in [0.25, 0.3) is 0 Å². The topological polar surface area (TPSA) is 88.5 Å². The summed E-state index contributed by atoms with van der Waals surface area (Å²) in [6.45, 7) is 0.809. The second kappa shape index (κ2) is 7.52. The fraction of sp³-hybridized carbons (Fsp3) is 0.500. The number of aliphatic hydroxyl groups excluding tert-OH is 1. The molecule has 6 nitrogen and oxygen atoms in total. The average molecular weight is 310 g/mol. The van der Waals surface area contributed by atoms with Crippen molar-refractivity contribution in [1.29, 1.82) is 0 Å². The van der Waals surface area contributed by atoms with E-state index in [0.717, 1.165) is 19.4 Å². The van der Waals surface area contributed by atoms with Crippen LogP contribution in [0.3, 0.4) is 0 Å². The lowest BCUT2D eigenvalue weighted by atomic mass is 10.2. The van der Waals surface area contributed by atoms with Crippen LogP contribution in [0, 0.1) is 11.8 Å². The Kier molecular flexibility index (Phi) is 5.70. The van der Waals surface area contributed by atoms with Crippen molar-refractivity contribution in [3.05, 3.63) is 24.0 Å². The van der Waals surface area contributed by atoms with E-state index in [1.807, 2.05) is 0 Å². The van der Waals surface area contributed by atoms with Gasteiger partial charge in [0.15, 0.2) is 0 Å². The Balaban J connectivity index is 1.97. The summed E-state index contributed by atoms with van der Waals surface area (Å²) in [5, 5.41) is 8.64. The number of rotatable bonds is 5. The van der Waals surface area contributed by atoms with Gasteiger partial charge >= 0.3 is 0 Å². The van der Waals surface area contributed by atoms with Crippen LogP contribution in [-0.2, 0) is 14.8 Å². The van der Waals surface area contributed by atoms with Gasteiger partial charge in [0.1, 0.15) is 11.5 Å². The van der Waals surface area contributed by atoms with Crippen LogP contribution in [-0.4, -0.2) is 44.4 Å². The molecule has 0 spiro atoms. The molecule has 1 saturated heterocycles. The first-order valence-corrected chi connectivity index (χ1v) is 8.26. The zero-order chi connectivity index (χ0) is 15.1. The third-order valence-electron chi connectivity index (χ3n) is 3.12. The second-order valence-electron chi connectivity index (χ2n) is 4.69. The maximum Gasteiger partial charge on any atom is 0.242 e. The number of pyridine rings is 1. The lowest BCUT2D eigenvalue weighted by Crippen LogP contribution is -2.27. The zero-order valence-electron chi connectivity index (χ0n) is 11.6. The van der Waals surface area contributed by atoms with Crippen molar-refractivity contribution < 1.29 is 18.3 Å².